The topological polar surface area (TPSA) is 40.5 Å². The van der Waals surface area contributed by atoms with Crippen molar-refractivity contribution in [1.29, 1.82) is 0 Å². The summed E-state index contributed by atoms with van der Waals surface area (Å²) in [4.78, 5) is 0. The van der Waals surface area contributed by atoms with E-state index in [0.717, 1.165) is 94.6 Å². The van der Waals surface area contributed by atoms with Gasteiger partial charge in [-0.1, -0.05) is 129 Å². The molecule has 0 unspecified atom stereocenters. The van der Waals surface area contributed by atoms with Gasteiger partial charge in [0.15, 0.2) is 0 Å². The van der Waals surface area contributed by atoms with Gasteiger partial charge in [-0.15, -0.1) is 0 Å². The lowest BCUT2D eigenvalue weighted by Crippen LogP contribution is -1.92. The molecule has 0 atom stereocenters. The van der Waals surface area contributed by atoms with Crippen LogP contribution in [0.15, 0.2) is 129 Å². The predicted octanol–water partition coefficient (Wildman–Crippen LogP) is 17.9. The Morgan fingerprint density at radius 3 is 0.931 bits per heavy atom. The average Bonchev–Trinajstić information content (AvgIpc) is 3.17. The van der Waals surface area contributed by atoms with Gasteiger partial charge in [0.25, 0.3) is 0 Å². The number of fused-ring (bicyclic) bond motifs is 1. The van der Waals surface area contributed by atoms with Gasteiger partial charge in [-0.05, 0) is 191 Å². The average molecular weight is 787 g/mol. The SMILES string of the molecule is CC(C)=CCC/C(C)=C/CC/C(C)=C/CC/C(C)=C\CC/C(C)=C\CC/C(C)=C/CC/C(C)=C/CC/C(C)=C/CC/C(C)=C/Cc1c(C)c(O)c2ccccc2c1O. The van der Waals surface area contributed by atoms with Crippen molar-refractivity contribution in [2.75, 3.05) is 0 Å². The maximum atomic E-state index is 10.9. The summed E-state index contributed by atoms with van der Waals surface area (Å²) in [5.74, 6) is 0.548. The zero-order valence-electron chi connectivity index (χ0n) is 38.9. The molecule has 0 amide bonds. The molecule has 0 aliphatic rings. The molecule has 0 aliphatic carbocycles. The van der Waals surface area contributed by atoms with E-state index in [9.17, 15) is 10.2 Å². The van der Waals surface area contributed by atoms with Gasteiger partial charge in [0.1, 0.15) is 11.5 Å². The van der Waals surface area contributed by atoms with Gasteiger partial charge in [-0.3, -0.25) is 0 Å². The van der Waals surface area contributed by atoms with Gasteiger partial charge in [0.2, 0.25) is 0 Å². The first-order valence-electron chi connectivity index (χ1n) is 22.5. The zero-order valence-corrected chi connectivity index (χ0v) is 38.9. The van der Waals surface area contributed by atoms with Gasteiger partial charge in [0, 0.05) is 16.3 Å². The second-order valence-corrected chi connectivity index (χ2v) is 17.5. The minimum Gasteiger partial charge on any atom is -0.507 e. The predicted molar refractivity (Wildman–Crippen MR) is 259 cm³/mol. The van der Waals surface area contributed by atoms with E-state index in [2.05, 4.69) is 124 Å². The quantitative estimate of drug-likeness (QED) is 0.0736. The van der Waals surface area contributed by atoms with E-state index in [0.29, 0.717) is 17.2 Å². The highest BCUT2D eigenvalue weighted by Gasteiger charge is 2.14. The largest absolute Gasteiger partial charge is 0.507 e. The summed E-state index contributed by atoms with van der Waals surface area (Å²) in [6.45, 7) is 24.4. The molecule has 2 heteroatoms. The van der Waals surface area contributed by atoms with Crippen LogP contribution in [0.2, 0.25) is 0 Å². The molecule has 0 radical (unpaired) electrons. The van der Waals surface area contributed by atoms with E-state index < -0.39 is 0 Å². The van der Waals surface area contributed by atoms with Crippen LogP contribution in [0.5, 0.6) is 11.5 Å². The highest BCUT2D eigenvalue weighted by atomic mass is 16.3. The monoisotopic (exact) mass is 787 g/mol. The Labute approximate surface area is 356 Å². The highest BCUT2D eigenvalue weighted by Crippen LogP contribution is 2.39. The molecule has 0 aliphatic heterocycles. The van der Waals surface area contributed by atoms with Crippen LogP contribution in [0, 0.1) is 6.92 Å². The van der Waals surface area contributed by atoms with Crippen molar-refractivity contribution in [1.82, 2.24) is 0 Å². The summed E-state index contributed by atoms with van der Waals surface area (Å²) in [7, 11) is 0. The maximum absolute atomic E-state index is 10.9. The summed E-state index contributed by atoms with van der Waals surface area (Å²) in [6.07, 6.45) is 40.3. The number of hydrogen-bond donors (Lipinski definition) is 2. The minimum absolute atomic E-state index is 0.267. The first-order valence-corrected chi connectivity index (χ1v) is 22.5. The Morgan fingerprint density at radius 1 is 0.379 bits per heavy atom. The molecular weight excluding hydrogens is 705 g/mol. The molecule has 2 rings (SSSR count). The van der Waals surface area contributed by atoms with Crippen LogP contribution in [0.25, 0.3) is 10.8 Å². The van der Waals surface area contributed by atoms with Gasteiger partial charge in [-0.2, -0.15) is 0 Å². The van der Waals surface area contributed by atoms with Crippen molar-refractivity contribution in [2.45, 2.75) is 185 Å². The molecule has 2 aromatic carbocycles. The minimum atomic E-state index is 0.267. The Morgan fingerprint density at radius 2 is 0.638 bits per heavy atom. The van der Waals surface area contributed by atoms with E-state index >= 15 is 0 Å². The second-order valence-electron chi connectivity index (χ2n) is 17.5. The maximum Gasteiger partial charge on any atom is 0.127 e. The smallest absolute Gasteiger partial charge is 0.127 e. The van der Waals surface area contributed by atoms with E-state index in [4.69, 9.17) is 0 Å². The molecule has 0 bridgehead atoms. The van der Waals surface area contributed by atoms with Crippen molar-refractivity contribution in [2.24, 2.45) is 0 Å². The summed E-state index contributed by atoms with van der Waals surface area (Å²) in [5, 5.41) is 23.0. The Bertz CT molecular complexity index is 1850. The Hall–Kier alpha value is -4.04. The third-order valence-electron chi connectivity index (χ3n) is 11.5. The molecule has 0 saturated carbocycles. The number of allylic oxidation sites excluding steroid dienone is 18. The van der Waals surface area contributed by atoms with Crippen LogP contribution in [0.4, 0.5) is 0 Å². The second kappa shape index (κ2) is 28.4. The summed E-state index contributed by atoms with van der Waals surface area (Å²) in [6, 6.07) is 7.50. The fourth-order valence-corrected chi connectivity index (χ4v) is 7.34. The molecule has 58 heavy (non-hydrogen) atoms. The molecule has 0 saturated heterocycles. The third-order valence-corrected chi connectivity index (χ3v) is 11.5. The van der Waals surface area contributed by atoms with Crippen molar-refractivity contribution < 1.29 is 10.2 Å². The standard InChI is InChI=1S/C56H82O2/c1-42(2)22-14-23-43(3)24-15-25-44(4)26-16-27-45(5)28-17-29-46(6)30-18-31-47(7)32-19-33-48(8)34-20-35-49(9)36-21-37-50(10)40-41-52-51(11)55(57)53-38-12-13-39-54(53)56(52)58/h12-13,22,24,26,28,30,32,34,36,38-40,57-58H,14-21,23,25,27,29,31,33,35,37,41H2,1-11H3/b43-24+,44-26+,45-28-,46-30-,47-32+,48-34+,49-36+,50-40+. The number of phenolic OH excluding ortho intramolecular Hbond substituents is 2. The van der Waals surface area contributed by atoms with Crippen molar-refractivity contribution >= 4 is 10.8 Å². The Balaban J connectivity index is 1.61. The number of benzene rings is 2. The normalized spacial score (nSPS) is 14.2. The highest BCUT2D eigenvalue weighted by molar-refractivity contribution is 5.95. The lowest BCUT2D eigenvalue weighted by Gasteiger charge is -2.13. The Kier molecular flexibility index (Phi) is 24.5. The number of rotatable bonds is 26. The van der Waals surface area contributed by atoms with Crippen LogP contribution in [0.1, 0.15) is 183 Å². The number of aromatic hydroxyl groups is 2. The van der Waals surface area contributed by atoms with Gasteiger partial charge in [0.05, 0.1) is 0 Å². The molecule has 2 N–H and O–H groups in total. The van der Waals surface area contributed by atoms with Crippen LogP contribution < -0.4 is 0 Å². The van der Waals surface area contributed by atoms with Gasteiger partial charge < -0.3 is 10.2 Å². The fourth-order valence-electron chi connectivity index (χ4n) is 7.34. The zero-order chi connectivity index (χ0) is 42.9. The molecule has 0 fully saturated rings. The fraction of sp³-hybridized carbons (Fsp3) is 0.500. The molecular formula is C56H82O2. The van der Waals surface area contributed by atoms with E-state index in [1.807, 2.05) is 31.2 Å². The lowest BCUT2D eigenvalue weighted by molar-refractivity contribution is 0.461. The molecule has 0 aromatic heterocycles. The molecule has 0 spiro atoms. The summed E-state index contributed by atoms with van der Waals surface area (Å²) >= 11 is 0. The summed E-state index contributed by atoms with van der Waals surface area (Å²) in [5.41, 5.74) is 14.8. The van der Waals surface area contributed by atoms with Crippen molar-refractivity contribution in [3.8, 4) is 11.5 Å². The first-order chi connectivity index (χ1) is 27.7. The van der Waals surface area contributed by atoms with Crippen LogP contribution in [-0.4, -0.2) is 10.2 Å². The van der Waals surface area contributed by atoms with Gasteiger partial charge >= 0.3 is 0 Å². The number of phenols is 2. The number of hydrogen-bond acceptors (Lipinski definition) is 2. The van der Waals surface area contributed by atoms with Crippen LogP contribution in [-0.2, 0) is 6.42 Å². The van der Waals surface area contributed by atoms with Gasteiger partial charge in [-0.25, -0.2) is 0 Å². The molecule has 2 nitrogen and oxygen atoms in total. The molecule has 0 heterocycles. The van der Waals surface area contributed by atoms with Crippen molar-refractivity contribution in [3.63, 3.8) is 0 Å². The summed E-state index contributed by atoms with van der Waals surface area (Å²) < 4.78 is 0. The first kappa shape index (κ1) is 50.1. The third kappa shape index (κ3) is 21.1. The van der Waals surface area contributed by atoms with Crippen LogP contribution >= 0.6 is 0 Å². The van der Waals surface area contributed by atoms with E-state index in [1.165, 1.54) is 69.4 Å². The molecule has 318 valence electrons. The lowest BCUT2D eigenvalue weighted by atomic mass is 9.95. The van der Waals surface area contributed by atoms with Crippen molar-refractivity contribution in [3.05, 3.63) is 140 Å². The van der Waals surface area contributed by atoms with E-state index in [-0.39, 0.29) is 11.5 Å². The van der Waals surface area contributed by atoms with E-state index in [1.54, 1.807) is 0 Å². The van der Waals surface area contributed by atoms with Crippen LogP contribution in [0.3, 0.4) is 0 Å². The molecule has 2 aromatic rings.